The van der Waals surface area contributed by atoms with Gasteiger partial charge >= 0.3 is 0 Å². The fraction of sp³-hybridized carbons (Fsp3) is 0.500. The number of hydrogen-bond acceptors (Lipinski definition) is 9. The molecule has 3 aromatic rings. The number of nitrogens with one attached hydrogen (secondary N) is 2. The van der Waals surface area contributed by atoms with Crippen LogP contribution in [0.3, 0.4) is 0 Å². The molecule has 1 atom stereocenters. The van der Waals surface area contributed by atoms with E-state index in [4.69, 9.17) is 9.15 Å². The number of aliphatic hydroxyl groups excluding tert-OH is 1. The van der Waals surface area contributed by atoms with Gasteiger partial charge in [-0.1, -0.05) is 26.8 Å². The van der Waals surface area contributed by atoms with Crippen LogP contribution in [0.15, 0.2) is 53.5 Å². The Balaban J connectivity index is 0.00000442. The molecule has 2 aliphatic rings. The van der Waals surface area contributed by atoms with Gasteiger partial charge in [-0.2, -0.15) is 13.5 Å². The van der Waals surface area contributed by atoms with E-state index in [9.17, 15) is 14.7 Å². The van der Waals surface area contributed by atoms with Crippen LogP contribution in [0.25, 0.3) is 0 Å². The predicted octanol–water partition coefficient (Wildman–Crippen LogP) is 3.36. The van der Waals surface area contributed by atoms with Crippen LogP contribution in [0.4, 0.5) is 5.82 Å². The molecule has 0 spiro atoms. The number of rotatable bonds is 10. The number of fused-ring (bicyclic) bond motifs is 1. The molecule has 0 unspecified atom stereocenters. The van der Waals surface area contributed by atoms with Crippen LogP contribution in [-0.2, 0) is 24.4 Å². The monoisotopic (exact) mass is 624 g/mol. The van der Waals surface area contributed by atoms with Crippen molar-refractivity contribution in [3.05, 3.63) is 71.6 Å². The first-order valence-electron chi connectivity index (χ1n) is 15.0. The summed E-state index contributed by atoms with van der Waals surface area (Å²) in [5.41, 5.74) is 2.55. The van der Waals surface area contributed by atoms with Crippen LogP contribution in [0, 0.1) is 5.41 Å². The summed E-state index contributed by atoms with van der Waals surface area (Å²) in [7, 11) is 0. The highest BCUT2D eigenvalue weighted by Crippen LogP contribution is 2.25. The first kappa shape index (κ1) is 33.3. The fourth-order valence-electron chi connectivity index (χ4n) is 5.54. The van der Waals surface area contributed by atoms with Gasteiger partial charge in [0.1, 0.15) is 18.2 Å². The Labute approximate surface area is 265 Å². The summed E-state index contributed by atoms with van der Waals surface area (Å²) in [4.78, 5) is 37.8. The normalized spacial score (nSPS) is 16.4. The molecule has 1 fully saturated rings. The summed E-state index contributed by atoms with van der Waals surface area (Å²) in [5, 5.41) is 17.0. The zero-order valence-corrected chi connectivity index (χ0v) is 26.7. The number of piperidine rings is 1. The fourth-order valence-corrected chi connectivity index (χ4v) is 5.54. The highest BCUT2D eigenvalue weighted by molar-refractivity contribution is 7.59. The maximum absolute atomic E-state index is 12.9. The zero-order chi connectivity index (χ0) is 30.4. The molecule has 0 bridgehead atoms. The smallest absolute Gasteiger partial charge is 0.251 e. The molecule has 12 heteroatoms. The van der Waals surface area contributed by atoms with Crippen molar-refractivity contribution in [2.75, 3.05) is 38.0 Å². The summed E-state index contributed by atoms with van der Waals surface area (Å²) in [6.45, 7) is 9.73. The second-order valence-electron chi connectivity index (χ2n) is 12.4. The van der Waals surface area contributed by atoms with Crippen molar-refractivity contribution >= 4 is 31.1 Å². The first-order chi connectivity index (χ1) is 20.6. The number of amides is 2. The van der Waals surface area contributed by atoms with Crippen LogP contribution in [0.2, 0.25) is 0 Å². The number of likely N-dealkylation sites (tertiary alicyclic amines) is 1. The van der Waals surface area contributed by atoms with E-state index in [2.05, 4.69) is 37.6 Å². The molecular weight excluding hydrogens is 580 g/mol. The van der Waals surface area contributed by atoms with E-state index >= 15 is 0 Å². The second kappa shape index (κ2) is 14.9. The number of carbonyl (C=O) groups excluding carboxylic acids is 2. The zero-order valence-electron chi connectivity index (χ0n) is 25.7. The summed E-state index contributed by atoms with van der Waals surface area (Å²) in [5.74, 6) is 2.02. The largest absolute Gasteiger partial charge is 0.486 e. The molecule has 2 amide bonds. The molecule has 2 aromatic heterocycles. The van der Waals surface area contributed by atoms with E-state index < -0.39 is 6.10 Å². The van der Waals surface area contributed by atoms with Crippen LogP contribution in [-0.4, -0.2) is 81.6 Å². The SMILES string of the molecule is CC(C)(C)C(=O)N1CCC(Nc2cc(C(=O)NC[C@H](O)CN3CCc4cc(OCc5cnco5)ccc4C3)ccn2)CC1.S. The van der Waals surface area contributed by atoms with E-state index in [1.807, 2.05) is 31.7 Å². The number of anilines is 1. The van der Waals surface area contributed by atoms with Gasteiger partial charge in [-0.3, -0.25) is 14.5 Å². The Morgan fingerprint density at radius 2 is 1.93 bits per heavy atom. The van der Waals surface area contributed by atoms with E-state index in [0.29, 0.717) is 43.4 Å². The van der Waals surface area contributed by atoms with Crippen molar-refractivity contribution in [3.8, 4) is 5.75 Å². The molecule has 0 aliphatic carbocycles. The van der Waals surface area contributed by atoms with Gasteiger partial charge in [0.25, 0.3) is 5.91 Å². The van der Waals surface area contributed by atoms with Crippen molar-refractivity contribution in [1.82, 2.24) is 25.1 Å². The minimum absolute atomic E-state index is 0. The van der Waals surface area contributed by atoms with Crippen LogP contribution in [0.1, 0.15) is 60.9 Å². The quantitative estimate of drug-likeness (QED) is 0.311. The number of aromatic nitrogens is 2. The predicted molar refractivity (Wildman–Crippen MR) is 172 cm³/mol. The highest BCUT2D eigenvalue weighted by atomic mass is 32.1. The van der Waals surface area contributed by atoms with Gasteiger partial charge in [0.2, 0.25) is 5.91 Å². The number of β-amino-alcohol motifs (C(OH)–C–C–N with tert-alkyl or cyclic N) is 1. The molecule has 4 heterocycles. The minimum atomic E-state index is -0.699. The van der Waals surface area contributed by atoms with Crippen molar-refractivity contribution in [3.63, 3.8) is 0 Å². The Morgan fingerprint density at radius 3 is 2.66 bits per heavy atom. The molecular formula is C32H44N6O5S. The number of benzene rings is 1. The average molecular weight is 625 g/mol. The van der Waals surface area contributed by atoms with Gasteiger partial charge in [0.15, 0.2) is 12.2 Å². The number of hydrogen-bond donors (Lipinski definition) is 3. The van der Waals surface area contributed by atoms with E-state index in [-0.39, 0.29) is 43.3 Å². The third kappa shape index (κ3) is 8.96. The summed E-state index contributed by atoms with van der Waals surface area (Å²) in [6, 6.07) is 9.67. The molecule has 0 saturated carbocycles. The van der Waals surface area contributed by atoms with E-state index in [0.717, 1.165) is 38.1 Å². The van der Waals surface area contributed by atoms with Gasteiger partial charge in [-0.25, -0.2) is 9.97 Å². The van der Waals surface area contributed by atoms with Gasteiger partial charge < -0.3 is 29.8 Å². The molecule has 3 N–H and O–H groups in total. The molecule has 1 aromatic carbocycles. The van der Waals surface area contributed by atoms with E-state index in [1.165, 1.54) is 17.5 Å². The van der Waals surface area contributed by atoms with Crippen LogP contribution in [0.5, 0.6) is 5.75 Å². The van der Waals surface area contributed by atoms with Gasteiger partial charge in [-0.15, -0.1) is 0 Å². The minimum Gasteiger partial charge on any atom is -0.486 e. The topological polar surface area (TPSA) is 133 Å². The van der Waals surface area contributed by atoms with Gasteiger partial charge in [0, 0.05) is 62.5 Å². The van der Waals surface area contributed by atoms with Crippen molar-refractivity contribution in [2.45, 2.75) is 65.3 Å². The van der Waals surface area contributed by atoms with Crippen LogP contribution < -0.4 is 15.4 Å². The van der Waals surface area contributed by atoms with Gasteiger partial charge in [-0.05, 0) is 54.7 Å². The summed E-state index contributed by atoms with van der Waals surface area (Å²) >= 11 is 0. The molecule has 44 heavy (non-hydrogen) atoms. The lowest BCUT2D eigenvalue weighted by Crippen LogP contribution is -2.46. The first-order valence-corrected chi connectivity index (χ1v) is 15.0. The number of carbonyl (C=O) groups is 2. The lowest BCUT2D eigenvalue weighted by atomic mass is 9.93. The molecule has 2 aliphatic heterocycles. The molecule has 0 radical (unpaired) electrons. The highest BCUT2D eigenvalue weighted by Gasteiger charge is 2.30. The Hall–Kier alpha value is -3.61. The van der Waals surface area contributed by atoms with Gasteiger partial charge in [0.05, 0.1) is 12.3 Å². The summed E-state index contributed by atoms with van der Waals surface area (Å²) < 4.78 is 11.0. The summed E-state index contributed by atoms with van der Waals surface area (Å²) in [6.07, 6.45) is 6.45. The number of ether oxygens (including phenoxy) is 1. The standard InChI is InChI=1S/C32H42N6O5.H2S/c1-32(2,3)31(41)38-12-8-25(9-13-38)36-29-15-23(6-10-34-29)30(40)35-16-26(39)19-37-11-7-22-14-27(5-4-24(22)18-37)42-20-28-17-33-21-43-28;/h4-6,10,14-15,17,21,25-26,39H,7-9,11-13,16,18-20H2,1-3H3,(H,34,36)(H,35,40);1H2/t26-;/m0./s1. The van der Waals surface area contributed by atoms with E-state index in [1.54, 1.807) is 24.5 Å². The van der Waals surface area contributed by atoms with Crippen molar-refractivity contribution in [1.29, 1.82) is 0 Å². The third-order valence-electron chi connectivity index (χ3n) is 7.90. The maximum Gasteiger partial charge on any atom is 0.251 e. The second-order valence-corrected chi connectivity index (χ2v) is 12.4. The Bertz CT molecular complexity index is 1390. The Morgan fingerprint density at radius 1 is 1.14 bits per heavy atom. The number of aliphatic hydroxyl groups is 1. The van der Waals surface area contributed by atoms with Crippen molar-refractivity contribution in [2.24, 2.45) is 5.41 Å². The molecule has 5 rings (SSSR count). The average Bonchev–Trinajstić information content (AvgIpc) is 3.52. The maximum atomic E-state index is 12.9. The van der Waals surface area contributed by atoms with Crippen LogP contribution >= 0.6 is 13.5 Å². The molecule has 1 saturated heterocycles. The Kier molecular flexibility index (Phi) is 11.3. The lowest BCUT2D eigenvalue weighted by molar-refractivity contribution is -0.140. The third-order valence-corrected chi connectivity index (χ3v) is 7.90. The number of nitrogens with zero attached hydrogens (tertiary/aromatic N) is 4. The van der Waals surface area contributed by atoms with Crippen molar-refractivity contribution < 1.29 is 23.8 Å². The number of pyridine rings is 1. The number of oxazole rings is 1. The lowest BCUT2D eigenvalue weighted by Gasteiger charge is -2.36. The molecule has 238 valence electrons. The molecule has 11 nitrogen and oxygen atoms in total.